The molecule has 3 aromatic carbocycles. The lowest BCUT2D eigenvalue weighted by Gasteiger charge is -2.35. The van der Waals surface area contributed by atoms with Gasteiger partial charge in [-0.1, -0.05) is 94.4 Å². The van der Waals surface area contributed by atoms with Crippen molar-refractivity contribution in [1.29, 1.82) is 0 Å². The van der Waals surface area contributed by atoms with Crippen molar-refractivity contribution in [3.63, 3.8) is 0 Å². The Morgan fingerprint density at radius 1 is 0.956 bits per heavy atom. The van der Waals surface area contributed by atoms with E-state index in [1.54, 1.807) is 17.4 Å². The smallest absolute Gasteiger partial charge is 0.246 e. The monoisotopic (exact) mass is 963 g/mol. The number of thiazole rings is 2. The second kappa shape index (κ2) is 20.1. The van der Waals surface area contributed by atoms with Crippen LogP contribution >= 0.6 is 22.7 Å². The number of hydrogen-bond donors (Lipinski definition) is 6. The van der Waals surface area contributed by atoms with E-state index in [4.69, 9.17) is 19.0 Å². The van der Waals surface area contributed by atoms with Gasteiger partial charge in [0.15, 0.2) is 10.8 Å². The van der Waals surface area contributed by atoms with Gasteiger partial charge in [-0.25, -0.2) is 9.97 Å². The maximum Gasteiger partial charge on any atom is 0.246 e. The number of aliphatic hydroxyl groups is 2. The number of hydrogen-bond acceptors (Lipinski definition) is 15. The molecule has 0 aliphatic carbocycles. The molecule has 19 heteroatoms. The molecule has 0 spiro atoms. The van der Waals surface area contributed by atoms with Gasteiger partial charge in [0.1, 0.15) is 36.8 Å². The van der Waals surface area contributed by atoms with Crippen molar-refractivity contribution in [3.05, 3.63) is 102 Å². The molecule has 0 saturated carbocycles. The van der Waals surface area contributed by atoms with E-state index in [0.29, 0.717) is 23.0 Å². The van der Waals surface area contributed by atoms with Crippen LogP contribution in [0.5, 0.6) is 5.75 Å². The largest absolute Gasteiger partial charge is 0.491 e. The Labute approximate surface area is 401 Å². The molecule has 7 aromatic rings. The van der Waals surface area contributed by atoms with Gasteiger partial charge in [0, 0.05) is 48.4 Å². The third-order valence-corrected chi connectivity index (χ3v) is 13.5. The molecule has 358 valence electrons. The number of nitrogens with zero attached hydrogens (tertiary/aromatic N) is 5. The number of carbonyl (C=O) groups is 3. The van der Waals surface area contributed by atoms with Gasteiger partial charge >= 0.3 is 0 Å². The number of imidazole rings is 1. The van der Waals surface area contributed by atoms with Gasteiger partial charge in [-0.05, 0) is 53.8 Å². The number of anilines is 2. The quantitative estimate of drug-likeness (QED) is 0.0403. The van der Waals surface area contributed by atoms with Crippen molar-refractivity contribution >= 4 is 67.1 Å². The van der Waals surface area contributed by atoms with Crippen LogP contribution in [0.1, 0.15) is 65.0 Å². The van der Waals surface area contributed by atoms with Crippen LogP contribution in [0.25, 0.3) is 36.9 Å². The number of carbonyl (C=O) groups excluding carboxylic acids is 3. The summed E-state index contributed by atoms with van der Waals surface area (Å²) in [6.07, 6.45) is 0.114. The van der Waals surface area contributed by atoms with E-state index < -0.39 is 41.8 Å². The molecule has 68 heavy (non-hydrogen) atoms. The molecule has 5 heterocycles. The number of nitrogens with one attached hydrogen (secondary N) is 4. The minimum absolute atomic E-state index is 0.0219. The minimum Gasteiger partial charge on any atom is -0.491 e. The van der Waals surface area contributed by atoms with E-state index in [0.717, 1.165) is 48.1 Å². The second-order valence-corrected chi connectivity index (χ2v) is 20.8. The molecule has 4 atom stereocenters. The second-order valence-electron chi connectivity index (χ2n) is 19.0. The summed E-state index contributed by atoms with van der Waals surface area (Å²) in [5.41, 5.74) is 7.20. The highest BCUT2D eigenvalue weighted by Crippen LogP contribution is 2.33. The van der Waals surface area contributed by atoms with E-state index >= 15 is 0 Å². The number of likely N-dealkylation sites (tertiary alicyclic amines) is 1. The number of rotatable bonds is 17. The van der Waals surface area contributed by atoms with E-state index in [1.807, 2.05) is 131 Å². The van der Waals surface area contributed by atoms with Gasteiger partial charge < -0.3 is 50.4 Å². The fourth-order valence-electron chi connectivity index (χ4n) is 7.84. The van der Waals surface area contributed by atoms with Crippen molar-refractivity contribution in [2.75, 3.05) is 37.0 Å². The van der Waals surface area contributed by atoms with Crippen LogP contribution in [-0.2, 0) is 31.1 Å². The van der Waals surface area contributed by atoms with Crippen LogP contribution in [-0.4, -0.2) is 103 Å². The molecular formula is C49H57N9O8S2. The molecule has 3 amide bonds. The van der Waals surface area contributed by atoms with Crippen LogP contribution < -0.4 is 26.0 Å². The number of aliphatic hydroxyl groups excluding tert-OH is 2. The number of ether oxygens (including phenoxy) is 2. The van der Waals surface area contributed by atoms with Gasteiger partial charge in [0.25, 0.3) is 0 Å². The number of aryl methyl sites for hydroxylation is 1. The van der Waals surface area contributed by atoms with E-state index in [9.17, 15) is 24.6 Å². The number of fused-ring (bicyclic) bond motifs is 3. The molecule has 1 fully saturated rings. The van der Waals surface area contributed by atoms with E-state index in [-0.39, 0.29) is 50.7 Å². The Hall–Kier alpha value is -6.38. The van der Waals surface area contributed by atoms with Gasteiger partial charge in [-0.2, -0.15) is 0 Å². The summed E-state index contributed by atoms with van der Waals surface area (Å²) < 4.78 is 20.0. The van der Waals surface area contributed by atoms with Crippen molar-refractivity contribution in [2.45, 2.75) is 91.4 Å². The minimum atomic E-state index is -1.09. The third-order valence-electron chi connectivity index (χ3n) is 11.5. The first kappa shape index (κ1) is 48.1. The lowest BCUT2D eigenvalue weighted by atomic mass is 9.85. The Morgan fingerprint density at radius 3 is 2.40 bits per heavy atom. The number of amides is 3. The van der Waals surface area contributed by atoms with Crippen LogP contribution in [0.3, 0.4) is 0 Å². The topological polar surface area (TPSA) is 218 Å². The molecule has 6 N–H and O–H groups in total. The fourth-order valence-corrected chi connectivity index (χ4v) is 9.69. The van der Waals surface area contributed by atoms with Gasteiger partial charge in [-0.3, -0.25) is 18.8 Å². The van der Waals surface area contributed by atoms with Crippen LogP contribution in [0.15, 0.2) is 89.0 Å². The summed E-state index contributed by atoms with van der Waals surface area (Å²) >= 11 is 3.10. The van der Waals surface area contributed by atoms with Crippen LogP contribution in [0, 0.1) is 12.3 Å². The summed E-state index contributed by atoms with van der Waals surface area (Å²) in [6.45, 7) is 13.8. The first-order valence-electron chi connectivity index (χ1n) is 22.4. The van der Waals surface area contributed by atoms with Crippen molar-refractivity contribution in [1.82, 2.24) is 35.1 Å². The van der Waals surface area contributed by atoms with Crippen molar-refractivity contribution < 1.29 is 38.6 Å². The molecule has 0 radical (unpaired) electrons. The summed E-state index contributed by atoms with van der Waals surface area (Å²) in [7, 11) is 0. The Balaban J connectivity index is 0.788. The maximum absolute atomic E-state index is 14.0. The lowest BCUT2D eigenvalue weighted by Crippen LogP contribution is -2.58. The van der Waals surface area contributed by atoms with Gasteiger partial charge in [0.2, 0.25) is 24.1 Å². The molecule has 17 nitrogen and oxygen atoms in total. The normalized spacial score (nSPS) is 16.2. The molecule has 0 bridgehead atoms. The zero-order valence-electron chi connectivity index (χ0n) is 39.0. The van der Waals surface area contributed by atoms with Crippen LogP contribution in [0.2, 0.25) is 0 Å². The van der Waals surface area contributed by atoms with Gasteiger partial charge in [-0.15, -0.1) is 11.3 Å². The summed E-state index contributed by atoms with van der Waals surface area (Å²) in [6, 6.07) is 21.1. The highest BCUT2D eigenvalue weighted by Gasteiger charge is 2.44. The zero-order chi connectivity index (χ0) is 48.3. The fraction of sp³-hybridized carbons (Fsp3) is 0.388. The standard InChI is InChI=1S/C49H57N9O8S2/c1-28-42(67-27-51-28)31-10-8-29(9-11-31)23-50-44(61)37-20-33(59)24-57(37)45(62)43(49(5,6)7)55-41(60)26-64-18-19-65-34-16-17-36-38(21-34)68-47-53-35(25-58(36)47)30-12-14-32(15-13-30)52-46(63)54-40-22-39(66-56-40)48(2,3)4/h8-17,21-22,25,27,33,37,43,46,52,59,63H,18-20,23-24,26H2,1-7H3,(H,50,61)(H,54,56)(H,55,60)/t33-,37+,43-,46?/m1/s1. The predicted molar refractivity (Wildman–Crippen MR) is 262 cm³/mol. The molecule has 1 unspecified atom stereocenters. The first-order valence-corrected chi connectivity index (χ1v) is 24.1. The maximum atomic E-state index is 14.0. The highest BCUT2D eigenvalue weighted by molar-refractivity contribution is 7.23. The number of aromatic nitrogens is 4. The van der Waals surface area contributed by atoms with E-state index in [1.165, 1.54) is 16.2 Å². The average molecular weight is 964 g/mol. The molecule has 4 aromatic heterocycles. The number of β-amino-alcohol motifs (C(OH)–C–C–N with tert-alkyl or cyclic N) is 1. The summed E-state index contributed by atoms with van der Waals surface area (Å²) in [4.78, 5) is 53.1. The Bertz CT molecular complexity index is 2880. The SMILES string of the molecule is Cc1ncsc1-c1ccc(CNC(=O)[C@@H]2C[C@@H](O)CN2C(=O)[C@@H](NC(=O)COCCOc2ccc3c(c2)sc2nc(-c4ccc(NC(O)Nc5cc(C(C)(C)C)on5)cc4)cn23)C(C)(C)C)cc1. The van der Waals surface area contributed by atoms with E-state index in [2.05, 4.69) is 31.4 Å². The Morgan fingerprint density at radius 2 is 1.71 bits per heavy atom. The lowest BCUT2D eigenvalue weighted by molar-refractivity contribution is -0.144. The predicted octanol–water partition coefficient (Wildman–Crippen LogP) is 6.94. The summed E-state index contributed by atoms with van der Waals surface area (Å²) in [5, 5.41) is 36.8. The molecule has 1 aliphatic heterocycles. The zero-order valence-corrected chi connectivity index (χ0v) is 40.7. The molecule has 1 aliphatic rings. The third kappa shape index (κ3) is 11.3. The van der Waals surface area contributed by atoms with Crippen molar-refractivity contribution in [3.8, 4) is 27.4 Å². The van der Waals surface area contributed by atoms with Crippen molar-refractivity contribution in [2.24, 2.45) is 5.41 Å². The number of benzene rings is 3. The average Bonchev–Trinajstić information content (AvgIpc) is 4.14. The highest BCUT2D eigenvalue weighted by atomic mass is 32.1. The van der Waals surface area contributed by atoms with Gasteiger partial charge in [0.05, 0.1) is 44.7 Å². The molecule has 8 rings (SSSR count). The molecular weight excluding hydrogens is 907 g/mol. The Kier molecular flexibility index (Phi) is 14.2. The summed E-state index contributed by atoms with van der Waals surface area (Å²) in [5.74, 6) is 0.467. The van der Waals surface area contributed by atoms with Crippen LogP contribution in [0.4, 0.5) is 11.5 Å². The first-order chi connectivity index (χ1) is 32.4. The molecule has 1 saturated heterocycles.